The Balaban J connectivity index is 1.80. The first-order chi connectivity index (χ1) is 11.7. The lowest BCUT2D eigenvalue weighted by molar-refractivity contribution is 0.0557. The van der Waals surface area contributed by atoms with E-state index in [1.165, 1.54) is 6.20 Å². The molecule has 0 unspecified atom stereocenters. The first kappa shape index (κ1) is 17.0. The fourth-order valence-corrected chi connectivity index (χ4v) is 3.45. The highest BCUT2D eigenvalue weighted by Crippen LogP contribution is 2.28. The number of aliphatic hydroxyl groups excluding tert-OH is 1. The van der Waals surface area contributed by atoms with Crippen LogP contribution in [-0.2, 0) is 0 Å². The Morgan fingerprint density at radius 2 is 2.29 bits per heavy atom. The fourth-order valence-electron chi connectivity index (χ4n) is 3.25. The largest absolute Gasteiger partial charge is 0.467 e. The molecule has 0 aromatic carbocycles. The number of nitrogens with zero attached hydrogens (tertiary/aromatic N) is 2. The maximum atomic E-state index is 13.0. The number of pyridine rings is 1. The van der Waals surface area contributed by atoms with Gasteiger partial charge in [-0.1, -0.05) is 24.4 Å². The molecule has 5 nitrogen and oxygen atoms in total. The summed E-state index contributed by atoms with van der Waals surface area (Å²) in [6.07, 6.45) is 8.31. The Hall–Kier alpha value is -1.85. The Labute approximate surface area is 146 Å². The molecular formula is C18H21ClN2O3. The lowest BCUT2D eigenvalue weighted by Gasteiger charge is -2.31. The number of likely N-dealkylation sites (tertiary alicyclic amines) is 1. The summed E-state index contributed by atoms with van der Waals surface area (Å²) in [6, 6.07) is 5.12. The monoisotopic (exact) mass is 348 g/mol. The van der Waals surface area contributed by atoms with Gasteiger partial charge >= 0.3 is 0 Å². The molecule has 6 heteroatoms. The summed E-state index contributed by atoms with van der Waals surface area (Å²) in [7, 11) is 0. The number of aliphatic hydroxyl groups is 1. The molecule has 0 spiro atoms. The zero-order chi connectivity index (χ0) is 16.9. The quantitative estimate of drug-likeness (QED) is 0.911. The van der Waals surface area contributed by atoms with Crippen LogP contribution in [0, 0.1) is 0 Å². The normalized spacial score (nSPS) is 19.8. The number of halogens is 1. The summed E-state index contributed by atoms with van der Waals surface area (Å²) in [4.78, 5) is 18.7. The predicted octanol–water partition coefficient (Wildman–Crippen LogP) is 3.84. The van der Waals surface area contributed by atoms with Crippen LogP contribution in [0.3, 0.4) is 0 Å². The molecule has 0 saturated carbocycles. The topological polar surface area (TPSA) is 66.6 Å². The summed E-state index contributed by atoms with van der Waals surface area (Å²) < 4.78 is 5.28. The lowest BCUT2D eigenvalue weighted by Crippen LogP contribution is -2.41. The van der Waals surface area contributed by atoms with Gasteiger partial charge in [0.1, 0.15) is 11.9 Å². The van der Waals surface area contributed by atoms with Crippen molar-refractivity contribution < 1.29 is 14.3 Å². The molecule has 2 aromatic rings. The van der Waals surface area contributed by atoms with Crippen molar-refractivity contribution in [2.45, 2.75) is 44.2 Å². The molecule has 3 rings (SSSR count). The van der Waals surface area contributed by atoms with Crippen molar-refractivity contribution in [1.29, 1.82) is 0 Å². The van der Waals surface area contributed by atoms with Crippen molar-refractivity contribution in [3.63, 3.8) is 0 Å². The number of carbonyl (C=O) groups excluding carboxylic acids is 1. The van der Waals surface area contributed by atoms with E-state index in [9.17, 15) is 9.90 Å². The molecule has 1 saturated heterocycles. The smallest absolute Gasteiger partial charge is 0.255 e. The minimum atomic E-state index is -0.716. The lowest BCUT2D eigenvalue weighted by atomic mass is 10.0. The van der Waals surface area contributed by atoms with E-state index in [4.69, 9.17) is 16.0 Å². The van der Waals surface area contributed by atoms with Crippen molar-refractivity contribution in [2.75, 3.05) is 6.54 Å². The summed E-state index contributed by atoms with van der Waals surface area (Å²) in [5, 5.41) is 10.8. The summed E-state index contributed by atoms with van der Waals surface area (Å²) in [5.41, 5.74) is 0.464. The minimum Gasteiger partial charge on any atom is -0.467 e. The fraction of sp³-hybridized carbons (Fsp3) is 0.444. The molecule has 2 atom stereocenters. The molecule has 0 radical (unpaired) electrons. The molecular weight excluding hydrogens is 328 g/mol. The predicted molar refractivity (Wildman–Crippen MR) is 90.8 cm³/mol. The zero-order valence-corrected chi connectivity index (χ0v) is 14.2. The van der Waals surface area contributed by atoms with Gasteiger partial charge in [-0.15, -0.1) is 0 Å². The highest BCUT2D eigenvalue weighted by atomic mass is 35.5. The van der Waals surface area contributed by atoms with E-state index in [1.54, 1.807) is 30.7 Å². The summed E-state index contributed by atoms with van der Waals surface area (Å²) >= 11 is 6.14. The third kappa shape index (κ3) is 3.79. The van der Waals surface area contributed by atoms with E-state index >= 15 is 0 Å². The number of rotatable bonds is 4. The average Bonchev–Trinajstić information content (AvgIpc) is 3.03. The van der Waals surface area contributed by atoms with Crippen molar-refractivity contribution in [3.8, 4) is 0 Å². The number of furan rings is 1. The van der Waals surface area contributed by atoms with Crippen LogP contribution in [0.25, 0.3) is 0 Å². The van der Waals surface area contributed by atoms with E-state index in [2.05, 4.69) is 4.98 Å². The standard InChI is InChI=1S/C18H21ClN2O3/c19-15-12-20-8-7-14(15)18(23)21-9-3-1-2-5-13(21)11-16(22)17-6-4-10-24-17/h4,6-8,10,12-13,16,22H,1-3,5,9,11H2/t13-,16+/m0/s1. The van der Waals surface area contributed by atoms with Crippen molar-refractivity contribution in [3.05, 3.63) is 53.2 Å². The first-order valence-electron chi connectivity index (χ1n) is 8.29. The molecule has 0 aliphatic carbocycles. The Morgan fingerprint density at radius 3 is 3.04 bits per heavy atom. The van der Waals surface area contributed by atoms with Gasteiger partial charge in [-0.2, -0.15) is 0 Å². The molecule has 1 aliphatic heterocycles. The number of carbonyl (C=O) groups is 1. The Bertz CT molecular complexity index is 675. The number of hydrogen-bond donors (Lipinski definition) is 1. The number of amides is 1. The zero-order valence-electron chi connectivity index (χ0n) is 13.4. The molecule has 24 heavy (non-hydrogen) atoms. The van der Waals surface area contributed by atoms with Crippen molar-refractivity contribution in [1.82, 2.24) is 9.88 Å². The summed E-state index contributed by atoms with van der Waals surface area (Å²) in [6.45, 7) is 0.674. The van der Waals surface area contributed by atoms with Crippen molar-refractivity contribution in [2.24, 2.45) is 0 Å². The molecule has 3 heterocycles. The molecule has 2 aromatic heterocycles. The van der Waals surface area contributed by atoms with Gasteiger partial charge in [-0.05, 0) is 31.0 Å². The van der Waals surface area contributed by atoms with Crippen LogP contribution < -0.4 is 0 Å². The van der Waals surface area contributed by atoms with Crippen LogP contribution in [0.1, 0.15) is 54.3 Å². The number of hydrogen-bond acceptors (Lipinski definition) is 4. The average molecular weight is 349 g/mol. The van der Waals surface area contributed by atoms with Crippen LogP contribution >= 0.6 is 11.6 Å². The maximum Gasteiger partial charge on any atom is 0.255 e. The van der Waals surface area contributed by atoms with E-state index < -0.39 is 6.10 Å². The molecule has 1 aliphatic rings. The van der Waals surface area contributed by atoms with Crippen LogP contribution in [0.15, 0.2) is 41.3 Å². The van der Waals surface area contributed by atoms with E-state index in [0.717, 1.165) is 25.7 Å². The van der Waals surface area contributed by atoms with Crippen LogP contribution in [0.4, 0.5) is 0 Å². The number of aromatic nitrogens is 1. The SMILES string of the molecule is O=C(c1ccncc1Cl)N1CCCCC[C@H]1C[C@@H](O)c1ccco1. The highest BCUT2D eigenvalue weighted by Gasteiger charge is 2.30. The van der Waals surface area contributed by atoms with Gasteiger partial charge in [0.05, 0.1) is 16.8 Å². The van der Waals surface area contributed by atoms with Gasteiger partial charge in [-0.25, -0.2) is 0 Å². The second-order valence-electron chi connectivity index (χ2n) is 6.12. The van der Waals surface area contributed by atoms with Gasteiger partial charge in [0, 0.05) is 31.4 Å². The van der Waals surface area contributed by atoms with Crippen LogP contribution in [-0.4, -0.2) is 33.5 Å². The third-order valence-corrected chi connectivity index (χ3v) is 4.81. The van der Waals surface area contributed by atoms with E-state index in [1.807, 2.05) is 4.90 Å². The van der Waals surface area contributed by atoms with Gasteiger partial charge in [0.15, 0.2) is 0 Å². The Morgan fingerprint density at radius 1 is 1.42 bits per heavy atom. The molecule has 128 valence electrons. The third-order valence-electron chi connectivity index (χ3n) is 4.51. The van der Waals surface area contributed by atoms with Gasteiger partial charge in [0.25, 0.3) is 5.91 Å². The van der Waals surface area contributed by atoms with Crippen LogP contribution in [0.2, 0.25) is 5.02 Å². The van der Waals surface area contributed by atoms with Crippen molar-refractivity contribution >= 4 is 17.5 Å². The Kier molecular flexibility index (Phi) is 5.53. The molecule has 1 amide bonds. The minimum absolute atomic E-state index is 0.0377. The van der Waals surface area contributed by atoms with Gasteiger partial charge in [-0.3, -0.25) is 9.78 Å². The van der Waals surface area contributed by atoms with E-state index in [0.29, 0.717) is 29.3 Å². The first-order valence-corrected chi connectivity index (χ1v) is 8.66. The highest BCUT2D eigenvalue weighted by molar-refractivity contribution is 6.33. The second kappa shape index (κ2) is 7.81. The second-order valence-corrected chi connectivity index (χ2v) is 6.53. The molecule has 1 N–H and O–H groups in total. The van der Waals surface area contributed by atoms with E-state index in [-0.39, 0.29) is 11.9 Å². The van der Waals surface area contributed by atoms with Crippen LogP contribution in [0.5, 0.6) is 0 Å². The summed E-state index contributed by atoms with van der Waals surface area (Å²) in [5.74, 6) is 0.439. The van der Waals surface area contributed by atoms with Gasteiger partial charge < -0.3 is 14.4 Å². The van der Waals surface area contributed by atoms with Gasteiger partial charge in [0.2, 0.25) is 0 Å². The maximum absolute atomic E-state index is 13.0. The molecule has 0 bridgehead atoms. The molecule has 1 fully saturated rings.